The molecule has 0 unspecified atom stereocenters. The molecular weight excluding hydrogens is 290 g/mol. The normalized spacial score (nSPS) is 12.6. The minimum Gasteiger partial charge on any atom is -0.207 e. The van der Waals surface area contributed by atoms with Gasteiger partial charge in [0, 0.05) is 17.5 Å². The van der Waals surface area contributed by atoms with Gasteiger partial charge < -0.3 is 0 Å². The van der Waals surface area contributed by atoms with Crippen LogP contribution in [-0.4, -0.2) is 25.3 Å². The topological polar surface area (TPSA) is 37.4 Å². The smallest absolute Gasteiger partial charge is 0.207 e. The number of aryl methyl sites for hydroxylation is 1. The third kappa shape index (κ3) is 3.07. The van der Waals surface area contributed by atoms with E-state index in [0.29, 0.717) is 11.4 Å². The van der Waals surface area contributed by atoms with Crippen LogP contribution in [0.25, 0.3) is 0 Å². The molecule has 0 radical (unpaired) electrons. The molecule has 0 atom stereocenters. The molecule has 0 spiro atoms. The van der Waals surface area contributed by atoms with Gasteiger partial charge in [-0.05, 0) is 38.1 Å². The largest absolute Gasteiger partial charge is 0.244 e. The van der Waals surface area contributed by atoms with Crippen molar-refractivity contribution in [3.8, 4) is 0 Å². The fourth-order valence-corrected chi connectivity index (χ4v) is 5.66. The minimum absolute atomic E-state index is 0.0441. The summed E-state index contributed by atoms with van der Waals surface area (Å²) in [6.07, 6.45) is 0.802. The maximum atomic E-state index is 12.7. The first-order valence-electron chi connectivity index (χ1n) is 6.01. The highest BCUT2D eigenvalue weighted by molar-refractivity contribution is 7.89. The third-order valence-corrected chi connectivity index (χ3v) is 6.66. The molecule has 0 aromatic carbocycles. The summed E-state index contributed by atoms with van der Waals surface area (Å²) in [6, 6.07) is -0.0441. The van der Waals surface area contributed by atoms with Gasteiger partial charge in [0.1, 0.15) is 4.90 Å². The molecule has 0 fully saturated rings. The van der Waals surface area contributed by atoms with Gasteiger partial charge >= 0.3 is 0 Å². The molecule has 0 saturated heterocycles. The Morgan fingerprint density at radius 3 is 2.50 bits per heavy atom. The van der Waals surface area contributed by atoms with Crippen molar-refractivity contribution in [3.05, 3.63) is 15.8 Å². The predicted octanol–water partition coefficient (Wildman–Crippen LogP) is 3.60. The van der Waals surface area contributed by atoms with Crippen LogP contribution in [0.1, 0.15) is 37.6 Å². The average Bonchev–Trinajstić information content (AvgIpc) is 2.67. The first kappa shape index (κ1) is 16.0. The molecule has 0 aliphatic heterocycles. The molecule has 0 aliphatic rings. The van der Waals surface area contributed by atoms with Crippen LogP contribution < -0.4 is 0 Å². The summed E-state index contributed by atoms with van der Waals surface area (Å²) in [5.74, 6) is 0.241. The second-order valence-corrected chi connectivity index (χ2v) is 7.57. The summed E-state index contributed by atoms with van der Waals surface area (Å²) >= 11 is 7.25. The number of thiophene rings is 1. The van der Waals surface area contributed by atoms with E-state index in [1.807, 2.05) is 33.1 Å². The van der Waals surface area contributed by atoms with Gasteiger partial charge in [0.2, 0.25) is 10.0 Å². The lowest BCUT2D eigenvalue weighted by Crippen LogP contribution is -2.37. The van der Waals surface area contributed by atoms with Gasteiger partial charge in [-0.1, -0.05) is 6.92 Å². The molecule has 18 heavy (non-hydrogen) atoms. The lowest BCUT2D eigenvalue weighted by atomic mass is 10.3. The van der Waals surface area contributed by atoms with Crippen molar-refractivity contribution in [3.63, 3.8) is 0 Å². The third-order valence-electron chi connectivity index (χ3n) is 2.70. The van der Waals surface area contributed by atoms with Gasteiger partial charge in [-0.15, -0.1) is 22.9 Å². The van der Waals surface area contributed by atoms with E-state index in [0.717, 1.165) is 16.9 Å². The Morgan fingerprint density at radius 2 is 2.06 bits per heavy atom. The SMILES string of the molecule is CCCN(C(C)C)S(=O)(=O)c1c(C)csc1CCl. The zero-order valence-electron chi connectivity index (χ0n) is 11.2. The summed E-state index contributed by atoms with van der Waals surface area (Å²) < 4.78 is 27.0. The van der Waals surface area contributed by atoms with Crippen LogP contribution in [0.5, 0.6) is 0 Å². The highest BCUT2D eigenvalue weighted by Crippen LogP contribution is 2.31. The summed E-state index contributed by atoms with van der Waals surface area (Å²) in [6.45, 7) is 8.14. The van der Waals surface area contributed by atoms with E-state index in [9.17, 15) is 8.42 Å². The maximum Gasteiger partial charge on any atom is 0.244 e. The van der Waals surface area contributed by atoms with Gasteiger partial charge in [-0.3, -0.25) is 0 Å². The van der Waals surface area contributed by atoms with E-state index in [2.05, 4.69) is 0 Å². The van der Waals surface area contributed by atoms with Crippen molar-refractivity contribution in [2.45, 2.75) is 50.9 Å². The van der Waals surface area contributed by atoms with E-state index in [1.165, 1.54) is 11.3 Å². The highest BCUT2D eigenvalue weighted by atomic mass is 35.5. The molecular formula is C12H20ClNO2S2. The molecule has 0 aliphatic carbocycles. The molecule has 0 bridgehead atoms. The quantitative estimate of drug-likeness (QED) is 0.753. The highest BCUT2D eigenvalue weighted by Gasteiger charge is 2.30. The second-order valence-electron chi connectivity index (χ2n) is 4.51. The van der Waals surface area contributed by atoms with Crippen LogP contribution in [-0.2, 0) is 15.9 Å². The Morgan fingerprint density at radius 1 is 1.44 bits per heavy atom. The Bertz CT molecular complexity index is 494. The maximum absolute atomic E-state index is 12.7. The van der Waals surface area contributed by atoms with Crippen molar-refractivity contribution in [2.75, 3.05) is 6.54 Å². The van der Waals surface area contributed by atoms with Gasteiger partial charge in [0.05, 0.1) is 5.88 Å². The Labute approximate surface area is 119 Å². The van der Waals surface area contributed by atoms with Crippen molar-refractivity contribution in [1.29, 1.82) is 0 Å². The molecule has 1 aromatic heterocycles. The van der Waals surface area contributed by atoms with Crippen LogP contribution in [0.2, 0.25) is 0 Å². The fraction of sp³-hybridized carbons (Fsp3) is 0.667. The molecule has 104 valence electrons. The number of hydrogen-bond acceptors (Lipinski definition) is 3. The van der Waals surface area contributed by atoms with Crippen LogP contribution in [0.3, 0.4) is 0 Å². The van der Waals surface area contributed by atoms with Crippen molar-refractivity contribution >= 4 is 33.0 Å². The van der Waals surface area contributed by atoms with Gasteiger partial charge in [-0.2, -0.15) is 4.31 Å². The van der Waals surface area contributed by atoms with Crippen LogP contribution >= 0.6 is 22.9 Å². The lowest BCUT2D eigenvalue weighted by molar-refractivity contribution is 0.354. The standard InChI is InChI=1S/C12H20ClNO2S2/c1-5-6-14(9(2)3)18(15,16)12-10(4)8-17-11(12)7-13/h8-9H,5-7H2,1-4H3. The molecule has 1 aromatic rings. The molecule has 1 heterocycles. The van der Waals surface area contributed by atoms with Crippen molar-refractivity contribution in [2.24, 2.45) is 0 Å². The summed E-state index contributed by atoms with van der Waals surface area (Å²) in [5, 5.41) is 1.86. The van der Waals surface area contributed by atoms with Gasteiger partial charge in [-0.25, -0.2) is 8.42 Å². The fourth-order valence-electron chi connectivity index (χ4n) is 1.92. The van der Waals surface area contributed by atoms with Gasteiger partial charge in [0.25, 0.3) is 0 Å². The summed E-state index contributed by atoms with van der Waals surface area (Å²) in [5.41, 5.74) is 0.789. The van der Waals surface area contributed by atoms with E-state index in [-0.39, 0.29) is 11.9 Å². The molecule has 6 heteroatoms. The van der Waals surface area contributed by atoms with Crippen molar-refractivity contribution in [1.82, 2.24) is 4.31 Å². The number of halogens is 1. The number of sulfonamides is 1. The second kappa shape index (κ2) is 6.37. The molecule has 0 saturated carbocycles. The lowest BCUT2D eigenvalue weighted by Gasteiger charge is -2.26. The predicted molar refractivity (Wildman–Crippen MR) is 77.9 cm³/mol. The molecule has 1 rings (SSSR count). The molecule has 0 amide bonds. The number of alkyl halides is 1. The van der Waals surface area contributed by atoms with Crippen LogP contribution in [0.15, 0.2) is 10.3 Å². The van der Waals surface area contributed by atoms with E-state index >= 15 is 0 Å². The van der Waals surface area contributed by atoms with Crippen molar-refractivity contribution < 1.29 is 8.42 Å². The Kier molecular flexibility index (Phi) is 5.65. The summed E-state index contributed by atoms with van der Waals surface area (Å²) in [4.78, 5) is 1.14. The molecule has 0 N–H and O–H groups in total. The van der Waals surface area contributed by atoms with E-state index in [4.69, 9.17) is 11.6 Å². The zero-order chi connectivity index (χ0) is 13.9. The zero-order valence-corrected chi connectivity index (χ0v) is 13.6. The number of rotatable bonds is 6. The minimum atomic E-state index is -3.43. The van der Waals surface area contributed by atoms with E-state index < -0.39 is 10.0 Å². The first-order valence-corrected chi connectivity index (χ1v) is 8.86. The molecule has 3 nitrogen and oxygen atoms in total. The number of nitrogens with zero attached hydrogens (tertiary/aromatic N) is 1. The monoisotopic (exact) mass is 309 g/mol. The van der Waals surface area contributed by atoms with E-state index in [1.54, 1.807) is 4.31 Å². The van der Waals surface area contributed by atoms with Gasteiger partial charge in [0.15, 0.2) is 0 Å². The number of hydrogen-bond donors (Lipinski definition) is 0. The van der Waals surface area contributed by atoms with Crippen LogP contribution in [0, 0.1) is 6.92 Å². The van der Waals surface area contributed by atoms with Crippen LogP contribution in [0.4, 0.5) is 0 Å². The first-order chi connectivity index (χ1) is 8.36. The average molecular weight is 310 g/mol. The Hall–Kier alpha value is -0.100. The summed E-state index contributed by atoms with van der Waals surface area (Å²) in [7, 11) is -3.43. The Balaban J connectivity index is 3.30.